The minimum Gasteiger partial charge on any atom is -0.462 e. The molecule has 0 saturated carbocycles. The number of nitrogens with one attached hydrogen (secondary N) is 2. The Kier molecular flexibility index (Phi) is 7.41. The third-order valence-corrected chi connectivity index (χ3v) is 6.73. The molecule has 0 unspecified atom stereocenters. The second kappa shape index (κ2) is 10.1. The topological polar surface area (TPSA) is 102 Å². The zero-order chi connectivity index (χ0) is 25.0. The second-order valence-corrected chi connectivity index (χ2v) is 9.82. The maximum Gasteiger partial charge on any atom is 0.338 e. The lowest BCUT2D eigenvalue weighted by Crippen LogP contribution is -2.18. The van der Waals surface area contributed by atoms with E-state index in [0.29, 0.717) is 22.5 Å². The highest BCUT2D eigenvalue weighted by Gasteiger charge is 2.20. The van der Waals surface area contributed by atoms with Crippen LogP contribution in [0.3, 0.4) is 0 Å². The molecule has 0 aliphatic heterocycles. The molecule has 0 fully saturated rings. The first-order valence-corrected chi connectivity index (χ1v) is 12.3. The largest absolute Gasteiger partial charge is 0.462 e. The van der Waals surface area contributed by atoms with Crippen LogP contribution in [0.5, 0.6) is 0 Å². The molecule has 0 aliphatic rings. The number of carbonyl (C=O) groups is 2. The van der Waals surface area contributed by atoms with E-state index in [9.17, 15) is 18.0 Å². The molecule has 0 aliphatic carbocycles. The second-order valence-electron chi connectivity index (χ2n) is 8.17. The molecule has 1 amide bonds. The summed E-state index contributed by atoms with van der Waals surface area (Å²) in [5, 5.41) is 2.76. The zero-order valence-corrected chi connectivity index (χ0v) is 20.7. The van der Waals surface area contributed by atoms with Gasteiger partial charge in [0, 0.05) is 16.9 Å². The van der Waals surface area contributed by atoms with Crippen LogP contribution in [0.15, 0.2) is 59.5 Å². The molecule has 3 rings (SSSR count). The summed E-state index contributed by atoms with van der Waals surface area (Å²) >= 11 is 0. The van der Waals surface area contributed by atoms with Crippen LogP contribution in [0, 0.1) is 27.7 Å². The van der Waals surface area contributed by atoms with Crippen LogP contribution >= 0.6 is 0 Å². The van der Waals surface area contributed by atoms with Crippen molar-refractivity contribution < 1.29 is 22.7 Å². The molecule has 8 heteroatoms. The average molecular weight is 481 g/mol. The first-order chi connectivity index (χ1) is 16.0. The number of anilines is 2. The first-order valence-electron chi connectivity index (χ1n) is 10.8. The molecule has 0 bridgehead atoms. The number of aryl methyl sites for hydroxylation is 4. The Labute approximate surface area is 200 Å². The normalized spacial score (nSPS) is 11.1. The van der Waals surface area contributed by atoms with E-state index in [4.69, 9.17) is 4.74 Å². The maximum atomic E-state index is 13.1. The summed E-state index contributed by atoms with van der Waals surface area (Å²) in [6.07, 6.45) is 0. The van der Waals surface area contributed by atoms with Crippen LogP contribution < -0.4 is 10.0 Å². The van der Waals surface area contributed by atoms with Crippen LogP contribution in [0.1, 0.15) is 49.9 Å². The molecule has 0 aromatic heterocycles. The van der Waals surface area contributed by atoms with E-state index in [2.05, 4.69) is 10.0 Å². The lowest BCUT2D eigenvalue weighted by atomic mass is 10.1. The van der Waals surface area contributed by atoms with Crippen LogP contribution in [-0.2, 0) is 14.8 Å². The summed E-state index contributed by atoms with van der Waals surface area (Å²) in [6, 6.07) is 14.8. The summed E-state index contributed by atoms with van der Waals surface area (Å²) < 4.78 is 33.9. The Balaban J connectivity index is 1.89. The Morgan fingerprint density at radius 1 is 0.824 bits per heavy atom. The standard InChI is InChI=1S/C26H28N2O5S/c1-6-33-26(30)21-10-7-18(4)23(14-21)27-25(29)20-9-8-19(5)24(15-20)34(31,32)28-22-12-16(2)11-17(3)13-22/h7-15,28H,6H2,1-5H3,(H,27,29). The van der Waals surface area contributed by atoms with Crippen molar-refractivity contribution in [1.82, 2.24) is 0 Å². The van der Waals surface area contributed by atoms with Crippen molar-refractivity contribution in [3.05, 3.63) is 88.0 Å². The molecule has 178 valence electrons. The van der Waals surface area contributed by atoms with E-state index in [1.54, 1.807) is 63.2 Å². The Bertz CT molecular complexity index is 1340. The summed E-state index contributed by atoms with van der Waals surface area (Å²) in [7, 11) is -3.93. The molecule has 7 nitrogen and oxygen atoms in total. The van der Waals surface area contributed by atoms with Crippen LogP contribution in [0.4, 0.5) is 11.4 Å². The number of benzene rings is 3. The lowest BCUT2D eigenvalue weighted by molar-refractivity contribution is 0.0526. The Morgan fingerprint density at radius 3 is 2.09 bits per heavy atom. The molecule has 2 N–H and O–H groups in total. The monoisotopic (exact) mass is 480 g/mol. The minimum atomic E-state index is -3.93. The van der Waals surface area contributed by atoms with Crippen LogP contribution in [-0.4, -0.2) is 26.9 Å². The van der Waals surface area contributed by atoms with E-state index in [-0.39, 0.29) is 17.1 Å². The van der Waals surface area contributed by atoms with E-state index >= 15 is 0 Å². The molecule has 0 radical (unpaired) electrons. The fourth-order valence-corrected chi connectivity index (χ4v) is 4.88. The maximum absolute atomic E-state index is 13.1. The number of amides is 1. The Morgan fingerprint density at radius 2 is 1.44 bits per heavy atom. The van der Waals surface area contributed by atoms with Crippen molar-refractivity contribution in [2.75, 3.05) is 16.6 Å². The van der Waals surface area contributed by atoms with Gasteiger partial charge in [0.05, 0.1) is 17.1 Å². The highest BCUT2D eigenvalue weighted by atomic mass is 32.2. The fraction of sp³-hybridized carbons (Fsp3) is 0.231. The minimum absolute atomic E-state index is 0.0105. The number of esters is 1. The van der Waals surface area contributed by atoms with Crippen LogP contribution in [0.25, 0.3) is 0 Å². The van der Waals surface area contributed by atoms with Crippen molar-refractivity contribution in [3.8, 4) is 0 Å². The van der Waals surface area contributed by atoms with Crippen molar-refractivity contribution in [2.24, 2.45) is 0 Å². The van der Waals surface area contributed by atoms with E-state index < -0.39 is 21.9 Å². The van der Waals surface area contributed by atoms with E-state index in [0.717, 1.165) is 16.7 Å². The number of hydrogen-bond donors (Lipinski definition) is 2. The van der Waals surface area contributed by atoms with Crippen molar-refractivity contribution >= 4 is 33.3 Å². The highest BCUT2D eigenvalue weighted by Crippen LogP contribution is 2.24. The van der Waals surface area contributed by atoms with Gasteiger partial charge < -0.3 is 10.1 Å². The summed E-state index contributed by atoms with van der Waals surface area (Å²) in [5.74, 6) is -0.980. The SMILES string of the molecule is CCOC(=O)c1ccc(C)c(NC(=O)c2ccc(C)c(S(=O)(=O)Nc3cc(C)cc(C)c3)c2)c1. The van der Waals surface area contributed by atoms with Crippen molar-refractivity contribution in [3.63, 3.8) is 0 Å². The molecule has 3 aromatic carbocycles. The number of ether oxygens (including phenoxy) is 1. The zero-order valence-electron chi connectivity index (χ0n) is 19.9. The smallest absolute Gasteiger partial charge is 0.338 e. The van der Waals surface area contributed by atoms with Gasteiger partial charge in [0.2, 0.25) is 0 Å². The number of hydrogen-bond acceptors (Lipinski definition) is 5. The lowest BCUT2D eigenvalue weighted by Gasteiger charge is -2.14. The summed E-state index contributed by atoms with van der Waals surface area (Å²) in [6.45, 7) is 9.20. The third kappa shape index (κ3) is 5.82. The molecule has 34 heavy (non-hydrogen) atoms. The quantitative estimate of drug-likeness (QED) is 0.456. The molecule has 0 spiro atoms. The van der Waals surface area contributed by atoms with Crippen molar-refractivity contribution in [2.45, 2.75) is 39.5 Å². The summed E-state index contributed by atoms with van der Waals surface area (Å²) in [4.78, 5) is 25.0. The summed E-state index contributed by atoms with van der Waals surface area (Å²) in [5.41, 5.74) is 4.50. The van der Waals surface area contributed by atoms with Gasteiger partial charge in [-0.3, -0.25) is 9.52 Å². The van der Waals surface area contributed by atoms with Gasteiger partial charge in [-0.15, -0.1) is 0 Å². The highest BCUT2D eigenvalue weighted by molar-refractivity contribution is 7.92. The third-order valence-electron chi connectivity index (χ3n) is 5.21. The molecular weight excluding hydrogens is 452 g/mol. The van der Waals surface area contributed by atoms with Gasteiger partial charge in [0.1, 0.15) is 0 Å². The first kappa shape index (κ1) is 25.0. The van der Waals surface area contributed by atoms with Gasteiger partial charge in [0.25, 0.3) is 15.9 Å². The van der Waals surface area contributed by atoms with E-state index in [1.807, 2.05) is 19.9 Å². The number of rotatable bonds is 7. The van der Waals surface area contributed by atoms with Gasteiger partial charge in [-0.2, -0.15) is 0 Å². The van der Waals surface area contributed by atoms with Crippen molar-refractivity contribution in [1.29, 1.82) is 0 Å². The predicted octanol–water partition coefficient (Wildman–Crippen LogP) is 5.15. The fourth-order valence-electron chi connectivity index (χ4n) is 3.57. The van der Waals surface area contributed by atoms with E-state index in [1.165, 1.54) is 6.07 Å². The van der Waals surface area contributed by atoms with Gasteiger partial charge in [0.15, 0.2) is 0 Å². The number of carbonyl (C=O) groups excluding carboxylic acids is 2. The van der Waals surface area contributed by atoms with Gasteiger partial charge >= 0.3 is 5.97 Å². The van der Waals surface area contributed by atoms with Gasteiger partial charge in [-0.1, -0.05) is 18.2 Å². The molecule has 0 saturated heterocycles. The molecule has 3 aromatic rings. The van der Waals surface area contributed by atoms with Crippen LogP contribution in [0.2, 0.25) is 0 Å². The van der Waals surface area contributed by atoms with Gasteiger partial charge in [-0.25, -0.2) is 13.2 Å². The van der Waals surface area contributed by atoms with Gasteiger partial charge in [-0.05, 0) is 93.3 Å². The average Bonchev–Trinajstić information content (AvgIpc) is 2.74. The molecular formula is C26H28N2O5S. The molecule has 0 atom stereocenters. The Hall–Kier alpha value is -3.65. The molecule has 0 heterocycles. The number of sulfonamides is 1. The predicted molar refractivity (Wildman–Crippen MR) is 133 cm³/mol.